The minimum absolute atomic E-state index is 0.235. The predicted octanol–water partition coefficient (Wildman–Crippen LogP) is 5.93. The fraction of sp³-hybridized carbons (Fsp3) is 0.267. The Morgan fingerprint density at radius 1 is 1.00 bits per heavy atom. The first kappa shape index (κ1) is 25.1. The molecule has 0 atom stereocenters. The zero-order chi connectivity index (χ0) is 26.8. The number of fused-ring (bicyclic) bond motifs is 1. The number of anilines is 3. The Morgan fingerprint density at radius 3 is 2.59 bits per heavy atom. The molecule has 6 rings (SSSR count). The lowest BCUT2D eigenvalue weighted by atomic mass is 10.1. The lowest BCUT2D eigenvalue weighted by Crippen LogP contribution is -2.47. The molecule has 4 heterocycles. The standard InChI is InChI=1S/C30H30ClN7O/c1-3-6-21-17-25(33-19-21)34-26-18-28(38-13-11-37(12-14-38)27-7-4-5-10-32-27)36-30(35-26)39-24-9-8-22-15-20(2)16-23(22)29(24)31/h3-10,16-18H,11-15,19H2,1-2H3,(H,33,34,35,36)/b6-3+. The van der Waals surface area contributed by atoms with Crippen molar-refractivity contribution in [3.63, 3.8) is 0 Å². The summed E-state index contributed by atoms with van der Waals surface area (Å²) in [5, 5.41) is 3.93. The maximum atomic E-state index is 6.76. The van der Waals surface area contributed by atoms with Gasteiger partial charge in [0.05, 0.1) is 11.6 Å². The highest BCUT2D eigenvalue weighted by Gasteiger charge is 2.22. The summed E-state index contributed by atoms with van der Waals surface area (Å²) in [6.45, 7) is 8.01. The zero-order valence-electron chi connectivity index (χ0n) is 22.1. The van der Waals surface area contributed by atoms with Gasteiger partial charge in [0.25, 0.3) is 0 Å². The highest BCUT2D eigenvalue weighted by atomic mass is 35.5. The number of benzene rings is 1. The SMILES string of the molecule is C/C=C/C1=CC(Nc2cc(N3CCN(c4ccccn4)CC3)nc(Oc3ccc4c(c3Cl)C=C(C)C4)n2)=NC1. The predicted molar refractivity (Wildman–Crippen MR) is 158 cm³/mol. The smallest absolute Gasteiger partial charge is 0.325 e. The van der Waals surface area contributed by atoms with Crippen LogP contribution in [0.25, 0.3) is 6.08 Å². The van der Waals surface area contributed by atoms with Gasteiger partial charge >= 0.3 is 6.01 Å². The number of amidine groups is 1. The molecule has 1 aromatic carbocycles. The molecule has 1 fully saturated rings. The number of halogens is 1. The molecule has 2 aromatic heterocycles. The maximum Gasteiger partial charge on any atom is 0.325 e. The number of ether oxygens (including phenoxy) is 1. The first-order chi connectivity index (χ1) is 19.1. The number of allylic oxidation sites excluding steroid dienone is 2. The van der Waals surface area contributed by atoms with Crippen LogP contribution in [-0.4, -0.2) is 53.5 Å². The molecule has 0 unspecified atom stereocenters. The third-order valence-corrected chi connectivity index (χ3v) is 7.35. The molecule has 198 valence electrons. The molecule has 8 nitrogen and oxygen atoms in total. The van der Waals surface area contributed by atoms with Gasteiger partial charge in [-0.1, -0.05) is 47.5 Å². The number of hydrogen-bond donors (Lipinski definition) is 1. The van der Waals surface area contributed by atoms with Crippen LogP contribution >= 0.6 is 11.6 Å². The third-order valence-electron chi connectivity index (χ3n) is 6.96. The second-order valence-corrected chi connectivity index (χ2v) is 10.2. The Morgan fingerprint density at radius 2 is 1.82 bits per heavy atom. The molecule has 0 saturated carbocycles. The lowest BCUT2D eigenvalue weighted by Gasteiger charge is -2.36. The molecule has 3 aromatic rings. The summed E-state index contributed by atoms with van der Waals surface area (Å²) in [7, 11) is 0. The van der Waals surface area contributed by atoms with Crippen molar-refractivity contribution in [2.75, 3.05) is 47.8 Å². The lowest BCUT2D eigenvalue weighted by molar-refractivity contribution is 0.442. The molecule has 1 N–H and O–H groups in total. The zero-order valence-corrected chi connectivity index (χ0v) is 22.8. The largest absolute Gasteiger partial charge is 0.423 e. The van der Waals surface area contributed by atoms with Crippen LogP contribution in [0.5, 0.6) is 11.8 Å². The topological polar surface area (TPSA) is 78.8 Å². The highest BCUT2D eigenvalue weighted by Crippen LogP contribution is 2.39. The molecule has 0 bridgehead atoms. The number of nitrogens with zero attached hydrogens (tertiary/aromatic N) is 6. The van der Waals surface area contributed by atoms with Crippen LogP contribution in [-0.2, 0) is 6.42 Å². The highest BCUT2D eigenvalue weighted by molar-refractivity contribution is 6.33. The maximum absolute atomic E-state index is 6.76. The number of piperazine rings is 1. The van der Waals surface area contributed by atoms with E-state index in [9.17, 15) is 0 Å². The summed E-state index contributed by atoms with van der Waals surface area (Å²) in [6, 6.07) is 12.1. The van der Waals surface area contributed by atoms with Crippen LogP contribution in [0.15, 0.2) is 77.0 Å². The molecule has 1 aliphatic carbocycles. The van der Waals surface area contributed by atoms with Gasteiger partial charge in [0.2, 0.25) is 0 Å². The van der Waals surface area contributed by atoms with E-state index in [1.54, 1.807) is 0 Å². The molecule has 9 heteroatoms. The van der Waals surface area contributed by atoms with E-state index < -0.39 is 0 Å². The molecule has 1 saturated heterocycles. The van der Waals surface area contributed by atoms with Gasteiger partial charge in [0.15, 0.2) is 0 Å². The van der Waals surface area contributed by atoms with Crippen molar-refractivity contribution in [2.24, 2.45) is 4.99 Å². The fourth-order valence-corrected chi connectivity index (χ4v) is 5.33. The van der Waals surface area contributed by atoms with Crippen LogP contribution in [0.3, 0.4) is 0 Å². The van der Waals surface area contributed by atoms with E-state index >= 15 is 0 Å². The van der Waals surface area contributed by atoms with Crippen LogP contribution in [0.2, 0.25) is 5.02 Å². The molecular formula is C30H30ClN7O. The van der Waals surface area contributed by atoms with E-state index in [1.165, 1.54) is 11.1 Å². The Bertz CT molecular complexity index is 1510. The van der Waals surface area contributed by atoms with E-state index in [4.69, 9.17) is 21.3 Å². The molecular weight excluding hydrogens is 510 g/mol. The van der Waals surface area contributed by atoms with Crippen molar-refractivity contribution in [1.29, 1.82) is 0 Å². The van der Waals surface area contributed by atoms with E-state index in [0.29, 0.717) is 23.1 Å². The quantitative estimate of drug-likeness (QED) is 0.416. The Hall–Kier alpha value is -4.17. The van der Waals surface area contributed by atoms with Crippen LogP contribution < -0.4 is 19.9 Å². The Balaban J connectivity index is 1.27. The summed E-state index contributed by atoms with van der Waals surface area (Å²) in [5.74, 6) is 3.69. The average Bonchev–Trinajstić information content (AvgIpc) is 3.57. The molecule has 2 aliphatic heterocycles. The van der Waals surface area contributed by atoms with Crippen molar-refractivity contribution in [1.82, 2.24) is 15.0 Å². The normalized spacial score (nSPS) is 16.7. The molecule has 3 aliphatic rings. The van der Waals surface area contributed by atoms with Crippen LogP contribution in [0, 0.1) is 0 Å². The number of hydrogen-bond acceptors (Lipinski definition) is 8. The van der Waals surface area contributed by atoms with E-state index in [2.05, 4.69) is 55.2 Å². The first-order valence-electron chi connectivity index (χ1n) is 13.2. The minimum Gasteiger partial charge on any atom is -0.423 e. The van der Waals surface area contributed by atoms with E-state index in [-0.39, 0.29) is 6.01 Å². The summed E-state index contributed by atoms with van der Waals surface area (Å²) < 4.78 is 6.22. The van der Waals surface area contributed by atoms with Crippen LogP contribution in [0.4, 0.5) is 17.5 Å². The molecule has 39 heavy (non-hydrogen) atoms. The van der Waals surface area contributed by atoms with Crippen molar-refractivity contribution in [2.45, 2.75) is 20.3 Å². The van der Waals surface area contributed by atoms with Crippen molar-refractivity contribution >= 4 is 41.0 Å². The fourth-order valence-electron chi connectivity index (χ4n) is 5.05. The number of aliphatic imine (C=N–C) groups is 1. The van der Waals surface area contributed by atoms with E-state index in [1.807, 2.05) is 55.6 Å². The third kappa shape index (κ3) is 5.52. The second-order valence-electron chi connectivity index (χ2n) is 9.82. The van der Waals surface area contributed by atoms with Crippen molar-refractivity contribution in [3.8, 4) is 11.8 Å². The minimum atomic E-state index is 0.235. The van der Waals surface area contributed by atoms with Gasteiger partial charge in [-0.25, -0.2) is 4.98 Å². The van der Waals surface area contributed by atoms with Gasteiger partial charge in [-0.15, -0.1) is 0 Å². The Labute approximate surface area is 233 Å². The summed E-state index contributed by atoms with van der Waals surface area (Å²) in [5.41, 5.74) is 4.63. The molecule has 0 radical (unpaired) electrons. The van der Waals surface area contributed by atoms with Gasteiger partial charge in [-0.2, -0.15) is 9.97 Å². The summed E-state index contributed by atoms with van der Waals surface area (Å²) >= 11 is 6.76. The Kier molecular flexibility index (Phi) is 7.02. The monoisotopic (exact) mass is 539 g/mol. The summed E-state index contributed by atoms with van der Waals surface area (Å²) in [4.78, 5) is 23.1. The summed E-state index contributed by atoms with van der Waals surface area (Å²) in [6.07, 6.45) is 11.0. The van der Waals surface area contributed by atoms with Gasteiger partial charge in [0, 0.05) is 44.0 Å². The number of nitrogens with one attached hydrogen (secondary N) is 1. The average molecular weight is 540 g/mol. The first-order valence-corrected chi connectivity index (χ1v) is 13.5. The van der Waals surface area contributed by atoms with Crippen LogP contribution in [0.1, 0.15) is 25.0 Å². The number of pyridine rings is 1. The van der Waals surface area contributed by atoms with Gasteiger partial charge in [-0.3, -0.25) is 4.99 Å². The number of aromatic nitrogens is 3. The van der Waals surface area contributed by atoms with Gasteiger partial charge < -0.3 is 19.9 Å². The van der Waals surface area contributed by atoms with Crippen molar-refractivity contribution < 1.29 is 4.74 Å². The van der Waals surface area contributed by atoms with Crippen molar-refractivity contribution in [3.05, 3.63) is 88.1 Å². The van der Waals surface area contributed by atoms with Gasteiger partial charge in [0.1, 0.15) is 29.0 Å². The number of rotatable bonds is 6. The molecule has 0 spiro atoms. The second kappa shape index (κ2) is 10.9. The molecule has 0 amide bonds. The van der Waals surface area contributed by atoms with E-state index in [0.717, 1.165) is 61.2 Å². The van der Waals surface area contributed by atoms with Gasteiger partial charge in [-0.05, 0) is 55.7 Å².